The zero-order valence-corrected chi connectivity index (χ0v) is 16.2. The first-order valence-electron chi connectivity index (χ1n) is 8.53. The van der Waals surface area contributed by atoms with Crippen LogP contribution < -0.4 is 5.32 Å². The molecule has 3 rings (SSSR count). The molecule has 1 atom stereocenters. The zero-order chi connectivity index (χ0) is 19.4. The molecule has 1 N–H and O–H groups in total. The molecule has 140 valence electrons. The summed E-state index contributed by atoms with van der Waals surface area (Å²) < 4.78 is 5.54. The molecule has 1 aromatic carbocycles. The van der Waals surface area contributed by atoms with Gasteiger partial charge in [0.05, 0.1) is 17.9 Å². The van der Waals surface area contributed by atoms with E-state index in [4.69, 9.17) is 4.42 Å². The molecule has 0 aliphatic rings. The fraction of sp³-hybridized carbons (Fsp3) is 0.250. The number of thiazole rings is 1. The van der Waals surface area contributed by atoms with E-state index >= 15 is 0 Å². The van der Waals surface area contributed by atoms with Crippen molar-refractivity contribution in [3.05, 3.63) is 70.6 Å². The maximum atomic E-state index is 12.6. The fourth-order valence-corrected chi connectivity index (χ4v) is 3.77. The van der Waals surface area contributed by atoms with Gasteiger partial charge in [0.25, 0.3) is 5.91 Å². The molecule has 0 spiro atoms. The number of carbonyl (C=O) groups is 2. The van der Waals surface area contributed by atoms with Crippen LogP contribution in [0.2, 0.25) is 0 Å². The second-order valence-electron chi connectivity index (χ2n) is 6.36. The van der Waals surface area contributed by atoms with Crippen molar-refractivity contribution in [3.8, 4) is 0 Å². The average Bonchev–Trinajstić information content (AvgIpc) is 3.29. The highest BCUT2D eigenvalue weighted by Gasteiger charge is 2.22. The van der Waals surface area contributed by atoms with Crippen LogP contribution in [0.4, 0.5) is 5.13 Å². The van der Waals surface area contributed by atoms with Crippen LogP contribution in [0.1, 0.15) is 39.0 Å². The molecular weight excluding hydrogens is 362 g/mol. The number of anilines is 1. The molecule has 1 unspecified atom stereocenters. The Labute approximate surface area is 161 Å². The van der Waals surface area contributed by atoms with Gasteiger partial charge in [-0.3, -0.25) is 9.59 Å². The molecule has 0 saturated heterocycles. The summed E-state index contributed by atoms with van der Waals surface area (Å²) in [6.45, 7) is 1.76. The van der Waals surface area contributed by atoms with E-state index in [2.05, 4.69) is 10.3 Å². The quantitative estimate of drug-likeness (QED) is 0.700. The molecule has 2 aromatic heterocycles. The monoisotopic (exact) mass is 383 g/mol. The second kappa shape index (κ2) is 8.18. The van der Waals surface area contributed by atoms with E-state index < -0.39 is 0 Å². The molecule has 2 heterocycles. The van der Waals surface area contributed by atoms with Gasteiger partial charge < -0.3 is 14.6 Å². The molecule has 0 saturated carbocycles. The average molecular weight is 383 g/mol. The topological polar surface area (TPSA) is 75.4 Å². The number of benzene rings is 1. The summed E-state index contributed by atoms with van der Waals surface area (Å²) in [5, 5.41) is 3.24. The molecule has 6 nitrogen and oxygen atoms in total. The Hall–Kier alpha value is -2.93. The van der Waals surface area contributed by atoms with Crippen LogP contribution in [0.3, 0.4) is 0 Å². The lowest BCUT2D eigenvalue weighted by Gasteiger charge is -2.14. The predicted octanol–water partition coefficient (Wildman–Crippen LogP) is 3.91. The van der Waals surface area contributed by atoms with Gasteiger partial charge in [-0.2, -0.15) is 0 Å². The summed E-state index contributed by atoms with van der Waals surface area (Å²) in [7, 11) is 3.38. The summed E-state index contributed by atoms with van der Waals surface area (Å²) in [6, 6.07) is 13.4. The number of carbonyl (C=O) groups excluding carboxylic acids is 2. The maximum absolute atomic E-state index is 12.6. The molecule has 0 aliphatic heterocycles. The molecule has 0 bridgehead atoms. The summed E-state index contributed by atoms with van der Waals surface area (Å²) in [6.07, 6.45) is 1.82. The number of nitrogens with one attached hydrogen (secondary N) is 1. The van der Waals surface area contributed by atoms with Crippen LogP contribution >= 0.6 is 11.3 Å². The van der Waals surface area contributed by atoms with Gasteiger partial charge in [0.1, 0.15) is 10.6 Å². The van der Waals surface area contributed by atoms with Gasteiger partial charge in [0.2, 0.25) is 5.91 Å². The van der Waals surface area contributed by atoms with Gasteiger partial charge in [-0.25, -0.2) is 4.98 Å². The van der Waals surface area contributed by atoms with Gasteiger partial charge >= 0.3 is 0 Å². The number of aromatic nitrogens is 1. The van der Waals surface area contributed by atoms with Crippen molar-refractivity contribution < 1.29 is 14.0 Å². The first-order chi connectivity index (χ1) is 13.0. The van der Waals surface area contributed by atoms with Crippen LogP contribution in [0.5, 0.6) is 0 Å². The van der Waals surface area contributed by atoms with Crippen LogP contribution in [0.25, 0.3) is 0 Å². The smallest absolute Gasteiger partial charge is 0.265 e. The van der Waals surface area contributed by atoms with E-state index in [1.54, 1.807) is 27.3 Å². The molecule has 7 heteroatoms. The molecule has 27 heavy (non-hydrogen) atoms. The Kier molecular flexibility index (Phi) is 5.71. The van der Waals surface area contributed by atoms with E-state index in [1.165, 1.54) is 16.2 Å². The predicted molar refractivity (Wildman–Crippen MR) is 105 cm³/mol. The van der Waals surface area contributed by atoms with Crippen LogP contribution in [-0.4, -0.2) is 35.8 Å². The zero-order valence-electron chi connectivity index (χ0n) is 15.4. The Balaban J connectivity index is 1.76. The standard InChI is InChI=1S/C20H21N3O3S/c1-13-18(19(25)23(2)3)27-20(21-13)22-17(24)12-15(16-10-7-11-26-16)14-8-5-4-6-9-14/h4-11,15H,12H2,1-3H3,(H,21,22,24). The van der Waals surface area contributed by atoms with E-state index in [0.29, 0.717) is 15.7 Å². The summed E-state index contributed by atoms with van der Waals surface area (Å²) in [5.41, 5.74) is 1.61. The summed E-state index contributed by atoms with van der Waals surface area (Å²) >= 11 is 1.19. The van der Waals surface area contributed by atoms with Crippen molar-refractivity contribution >= 4 is 28.3 Å². The van der Waals surface area contributed by atoms with E-state index in [9.17, 15) is 9.59 Å². The van der Waals surface area contributed by atoms with Crippen LogP contribution in [-0.2, 0) is 4.79 Å². The third kappa shape index (κ3) is 4.43. The molecule has 0 aliphatic carbocycles. The van der Waals surface area contributed by atoms with E-state index in [-0.39, 0.29) is 24.2 Å². The highest BCUT2D eigenvalue weighted by atomic mass is 32.1. The van der Waals surface area contributed by atoms with E-state index in [0.717, 1.165) is 11.3 Å². The Morgan fingerprint density at radius 3 is 2.56 bits per heavy atom. The largest absolute Gasteiger partial charge is 0.469 e. The number of rotatable bonds is 6. The highest BCUT2D eigenvalue weighted by molar-refractivity contribution is 7.17. The third-order valence-electron chi connectivity index (χ3n) is 4.12. The molecular formula is C20H21N3O3S. The normalized spacial score (nSPS) is 11.8. The minimum Gasteiger partial charge on any atom is -0.469 e. The number of furan rings is 1. The highest BCUT2D eigenvalue weighted by Crippen LogP contribution is 2.30. The molecule has 2 amide bonds. The van der Waals surface area contributed by atoms with Gasteiger partial charge in [-0.15, -0.1) is 0 Å². The maximum Gasteiger partial charge on any atom is 0.265 e. The third-order valence-corrected chi connectivity index (χ3v) is 5.18. The minimum absolute atomic E-state index is 0.122. The minimum atomic E-state index is -0.190. The number of aryl methyl sites for hydroxylation is 1. The Morgan fingerprint density at radius 2 is 1.93 bits per heavy atom. The van der Waals surface area contributed by atoms with Crippen molar-refractivity contribution in [3.63, 3.8) is 0 Å². The molecule has 0 radical (unpaired) electrons. The summed E-state index contributed by atoms with van der Waals surface area (Å²) in [4.78, 5) is 31.1. The number of hydrogen-bond acceptors (Lipinski definition) is 5. The lowest BCUT2D eigenvalue weighted by Crippen LogP contribution is -2.21. The van der Waals surface area contributed by atoms with Crippen molar-refractivity contribution in [1.29, 1.82) is 0 Å². The first kappa shape index (κ1) is 18.8. The van der Waals surface area contributed by atoms with Crippen LogP contribution in [0, 0.1) is 6.92 Å². The lowest BCUT2D eigenvalue weighted by molar-refractivity contribution is -0.116. The van der Waals surface area contributed by atoms with Crippen molar-refractivity contribution in [2.24, 2.45) is 0 Å². The van der Waals surface area contributed by atoms with Gasteiger partial charge in [-0.1, -0.05) is 41.7 Å². The first-order valence-corrected chi connectivity index (χ1v) is 9.34. The van der Waals surface area contributed by atoms with Crippen molar-refractivity contribution in [1.82, 2.24) is 9.88 Å². The van der Waals surface area contributed by atoms with Crippen molar-refractivity contribution in [2.75, 3.05) is 19.4 Å². The Morgan fingerprint density at radius 1 is 1.19 bits per heavy atom. The van der Waals surface area contributed by atoms with Gasteiger partial charge in [0, 0.05) is 20.5 Å². The Bertz CT molecular complexity index is 917. The van der Waals surface area contributed by atoms with Crippen molar-refractivity contribution in [2.45, 2.75) is 19.3 Å². The number of amides is 2. The SMILES string of the molecule is Cc1nc(NC(=O)CC(c2ccccc2)c2ccco2)sc1C(=O)N(C)C. The second-order valence-corrected chi connectivity index (χ2v) is 7.36. The van der Waals surface area contributed by atoms with Gasteiger partial charge in [0.15, 0.2) is 5.13 Å². The molecule has 3 aromatic rings. The lowest BCUT2D eigenvalue weighted by atomic mass is 9.93. The molecule has 0 fully saturated rings. The number of nitrogens with zero attached hydrogens (tertiary/aromatic N) is 2. The number of hydrogen-bond donors (Lipinski definition) is 1. The van der Waals surface area contributed by atoms with Gasteiger partial charge in [-0.05, 0) is 24.6 Å². The summed E-state index contributed by atoms with van der Waals surface area (Å²) in [5.74, 6) is 0.237. The van der Waals surface area contributed by atoms with E-state index in [1.807, 2.05) is 42.5 Å². The fourth-order valence-electron chi connectivity index (χ4n) is 2.76. The van der Waals surface area contributed by atoms with Crippen LogP contribution in [0.15, 0.2) is 53.1 Å².